The van der Waals surface area contributed by atoms with Crippen LogP contribution >= 0.6 is 23.2 Å². The molecular weight excluding hydrogens is 303 g/mol. The van der Waals surface area contributed by atoms with E-state index < -0.39 is 11.5 Å². The molecule has 20 heavy (non-hydrogen) atoms. The summed E-state index contributed by atoms with van der Waals surface area (Å²) in [6, 6.07) is 5.67. The Labute approximate surface area is 124 Å². The van der Waals surface area contributed by atoms with E-state index in [1.54, 1.807) is 13.0 Å². The standard InChI is InChI=1S/C13H10Cl2N2O3/c1-6-2-3-8(12(19)16-6)13(20)17-10-5-7(14)4-9(15)11(10)18/h2-5,18H,1H3,(H,16,19)(H,17,20). The van der Waals surface area contributed by atoms with Gasteiger partial charge < -0.3 is 15.4 Å². The highest BCUT2D eigenvalue weighted by molar-refractivity contribution is 6.36. The van der Waals surface area contributed by atoms with Crippen molar-refractivity contribution < 1.29 is 9.90 Å². The van der Waals surface area contributed by atoms with Crippen LogP contribution in [0.1, 0.15) is 16.1 Å². The van der Waals surface area contributed by atoms with Crippen molar-refractivity contribution in [2.24, 2.45) is 0 Å². The predicted molar refractivity (Wildman–Crippen MR) is 77.9 cm³/mol. The molecule has 0 fully saturated rings. The van der Waals surface area contributed by atoms with Crippen molar-refractivity contribution in [2.45, 2.75) is 6.92 Å². The summed E-state index contributed by atoms with van der Waals surface area (Å²) < 4.78 is 0. The van der Waals surface area contributed by atoms with Crippen LogP contribution in [0.15, 0.2) is 29.1 Å². The summed E-state index contributed by atoms with van der Waals surface area (Å²) in [6.45, 7) is 1.70. The second-order valence-electron chi connectivity index (χ2n) is 4.12. The molecule has 0 bridgehead atoms. The van der Waals surface area contributed by atoms with Crippen LogP contribution in [0.5, 0.6) is 5.75 Å². The highest BCUT2D eigenvalue weighted by Gasteiger charge is 2.14. The number of aromatic hydroxyl groups is 1. The minimum atomic E-state index is -0.667. The minimum Gasteiger partial charge on any atom is -0.504 e. The van der Waals surface area contributed by atoms with E-state index >= 15 is 0 Å². The summed E-state index contributed by atoms with van der Waals surface area (Å²) in [5, 5.41) is 12.4. The number of carbonyl (C=O) groups is 1. The van der Waals surface area contributed by atoms with Gasteiger partial charge in [0.25, 0.3) is 11.5 Å². The van der Waals surface area contributed by atoms with Crippen molar-refractivity contribution in [3.05, 3.63) is 55.9 Å². The molecule has 0 saturated heterocycles. The van der Waals surface area contributed by atoms with Crippen molar-refractivity contribution in [2.75, 3.05) is 5.32 Å². The Morgan fingerprint density at radius 1 is 1.30 bits per heavy atom. The molecular formula is C13H10Cl2N2O3. The summed E-state index contributed by atoms with van der Waals surface area (Å²) in [5.41, 5.74) is 0.0777. The van der Waals surface area contributed by atoms with E-state index in [-0.39, 0.29) is 27.0 Å². The summed E-state index contributed by atoms with van der Waals surface area (Å²) in [6.07, 6.45) is 0. The van der Waals surface area contributed by atoms with E-state index in [1.165, 1.54) is 18.2 Å². The Bertz CT molecular complexity index is 741. The maximum atomic E-state index is 12.0. The van der Waals surface area contributed by atoms with Crippen LogP contribution in [0.3, 0.4) is 0 Å². The minimum absolute atomic E-state index is 0.00520. The van der Waals surface area contributed by atoms with Crippen LogP contribution in [0.2, 0.25) is 10.0 Å². The zero-order valence-electron chi connectivity index (χ0n) is 10.3. The lowest BCUT2D eigenvalue weighted by atomic mass is 10.2. The second kappa shape index (κ2) is 5.56. The van der Waals surface area contributed by atoms with Gasteiger partial charge in [-0.2, -0.15) is 0 Å². The number of H-pyrrole nitrogens is 1. The maximum Gasteiger partial charge on any atom is 0.261 e. The number of phenols is 1. The molecule has 0 radical (unpaired) electrons. The fourth-order valence-corrected chi connectivity index (χ4v) is 2.10. The van der Waals surface area contributed by atoms with Gasteiger partial charge in [0.1, 0.15) is 5.56 Å². The SMILES string of the molecule is Cc1ccc(C(=O)Nc2cc(Cl)cc(Cl)c2O)c(=O)[nH]1. The average Bonchev–Trinajstić information content (AvgIpc) is 2.35. The van der Waals surface area contributed by atoms with Crippen molar-refractivity contribution >= 4 is 34.8 Å². The van der Waals surface area contributed by atoms with Crippen LogP contribution in [-0.2, 0) is 0 Å². The largest absolute Gasteiger partial charge is 0.504 e. The van der Waals surface area contributed by atoms with Gasteiger partial charge in [-0.3, -0.25) is 9.59 Å². The fourth-order valence-electron chi connectivity index (χ4n) is 1.60. The first-order valence-corrected chi connectivity index (χ1v) is 6.33. The number of benzene rings is 1. The zero-order valence-corrected chi connectivity index (χ0v) is 11.8. The van der Waals surface area contributed by atoms with Crippen LogP contribution in [0.4, 0.5) is 5.69 Å². The normalized spacial score (nSPS) is 10.3. The van der Waals surface area contributed by atoms with Gasteiger partial charge in [0.2, 0.25) is 0 Å². The molecule has 0 atom stereocenters. The Morgan fingerprint density at radius 2 is 2.00 bits per heavy atom. The average molecular weight is 313 g/mol. The van der Waals surface area contributed by atoms with Gasteiger partial charge in [-0.15, -0.1) is 0 Å². The molecule has 2 rings (SSSR count). The van der Waals surface area contributed by atoms with Gasteiger partial charge in [0.15, 0.2) is 5.75 Å². The van der Waals surface area contributed by atoms with Crippen LogP contribution in [0.25, 0.3) is 0 Å². The summed E-state index contributed by atoms with van der Waals surface area (Å²) in [7, 11) is 0. The molecule has 5 nitrogen and oxygen atoms in total. The van der Waals surface area contributed by atoms with Crippen molar-refractivity contribution in [1.29, 1.82) is 0 Å². The number of amides is 1. The summed E-state index contributed by atoms with van der Waals surface area (Å²) in [5.74, 6) is -0.979. The van der Waals surface area contributed by atoms with Gasteiger partial charge in [-0.05, 0) is 31.2 Å². The molecule has 1 heterocycles. The van der Waals surface area contributed by atoms with Crippen molar-refractivity contribution in [1.82, 2.24) is 4.98 Å². The molecule has 0 aliphatic carbocycles. The number of carbonyl (C=O) groups excluding carboxylic acids is 1. The number of anilines is 1. The molecule has 0 unspecified atom stereocenters. The molecule has 3 N–H and O–H groups in total. The van der Waals surface area contributed by atoms with Gasteiger partial charge in [-0.25, -0.2) is 0 Å². The number of aromatic nitrogens is 1. The molecule has 104 valence electrons. The number of rotatable bonds is 2. The highest BCUT2D eigenvalue weighted by Crippen LogP contribution is 2.35. The molecule has 1 aromatic heterocycles. The van der Waals surface area contributed by atoms with Crippen LogP contribution in [0, 0.1) is 6.92 Å². The van der Waals surface area contributed by atoms with Crippen LogP contribution in [-0.4, -0.2) is 16.0 Å². The third-order valence-electron chi connectivity index (χ3n) is 2.58. The molecule has 0 aliphatic rings. The van der Waals surface area contributed by atoms with E-state index in [2.05, 4.69) is 10.3 Å². The Kier molecular flexibility index (Phi) is 4.01. The molecule has 1 amide bonds. The maximum absolute atomic E-state index is 12.0. The summed E-state index contributed by atoms with van der Waals surface area (Å²) >= 11 is 11.5. The molecule has 0 saturated carbocycles. The zero-order chi connectivity index (χ0) is 14.9. The third-order valence-corrected chi connectivity index (χ3v) is 3.08. The number of hydrogen-bond donors (Lipinski definition) is 3. The van der Waals surface area contributed by atoms with Crippen LogP contribution < -0.4 is 10.9 Å². The number of phenolic OH excluding ortho intramolecular Hbond substituents is 1. The predicted octanol–water partition coefficient (Wildman–Crippen LogP) is 2.95. The number of aryl methyl sites for hydroxylation is 1. The first-order valence-electron chi connectivity index (χ1n) is 5.58. The van der Waals surface area contributed by atoms with E-state index in [4.69, 9.17) is 23.2 Å². The topological polar surface area (TPSA) is 82.2 Å². The summed E-state index contributed by atoms with van der Waals surface area (Å²) in [4.78, 5) is 26.2. The van der Waals surface area contributed by atoms with E-state index in [0.29, 0.717) is 5.69 Å². The monoisotopic (exact) mass is 312 g/mol. The Balaban J connectivity index is 2.35. The first-order chi connectivity index (χ1) is 9.38. The number of hydrogen-bond acceptors (Lipinski definition) is 3. The third kappa shape index (κ3) is 2.95. The molecule has 0 spiro atoms. The number of nitrogens with one attached hydrogen (secondary N) is 2. The lowest BCUT2D eigenvalue weighted by Crippen LogP contribution is -2.23. The fraction of sp³-hybridized carbons (Fsp3) is 0.0769. The molecule has 1 aromatic carbocycles. The highest BCUT2D eigenvalue weighted by atomic mass is 35.5. The van der Waals surface area contributed by atoms with Gasteiger partial charge in [0, 0.05) is 10.7 Å². The lowest BCUT2D eigenvalue weighted by molar-refractivity contribution is 0.102. The quantitative estimate of drug-likeness (QED) is 0.746. The van der Waals surface area contributed by atoms with Crippen molar-refractivity contribution in [3.63, 3.8) is 0 Å². The number of aromatic amines is 1. The van der Waals surface area contributed by atoms with Gasteiger partial charge in [0.05, 0.1) is 10.7 Å². The Hall–Kier alpha value is -1.98. The molecule has 7 heteroatoms. The van der Waals surface area contributed by atoms with Gasteiger partial charge in [-0.1, -0.05) is 23.2 Å². The van der Waals surface area contributed by atoms with Gasteiger partial charge >= 0.3 is 0 Å². The van der Waals surface area contributed by atoms with E-state index in [9.17, 15) is 14.7 Å². The molecule has 2 aromatic rings. The lowest BCUT2D eigenvalue weighted by Gasteiger charge is -2.09. The smallest absolute Gasteiger partial charge is 0.261 e. The number of pyridine rings is 1. The Morgan fingerprint density at radius 3 is 2.65 bits per heavy atom. The second-order valence-corrected chi connectivity index (χ2v) is 4.97. The molecule has 0 aliphatic heterocycles. The van der Waals surface area contributed by atoms with E-state index in [1.807, 2.05) is 0 Å². The first kappa shape index (κ1) is 14.4. The van der Waals surface area contributed by atoms with Crippen molar-refractivity contribution in [3.8, 4) is 5.75 Å². The van der Waals surface area contributed by atoms with E-state index in [0.717, 1.165) is 0 Å². The number of halogens is 2.